The molecule has 0 radical (unpaired) electrons. The number of nitrogens with zero attached hydrogens (tertiary/aromatic N) is 4. The first-order chi connectivity index (χ1) is 9.16. The number of fused-ring (bicyclic) bond motifs is 1. The molecule has 3 rings (SSSR count). The topological polar surface area (TPSA) is 59.7 Å². The summed E-state index contributed by atoms with van der Waals surface area (Å²) in [5, 5.41) is 4.36. The SMILES string of the molecule is Cc1cc2ncc(C(=O)N3CCOCC3)c(C)n2n1. The average Bonchev–Trinajstić information content (AvgIpc) is 2.81. The zero-order valence-corrected chi connectivity index (χ0v) is 11.1. The van der Waals surface area contributed by atoms with E-state index in [4.69, 9.17) is 4.74 Å². The van der Waals surface area contributed by atoms with Crippen molar-refractivity contribution < 1.29 is 9.53 Å². The molecule has 6 nitrogen and oxygen atoms in total. The molecule has 0 aliphatic carbocycles. The molecule has 6 heteroatoms. The molecule has 1 saturated heterocycles. The van der Waals surface area contributed by atoms with Crippen molar-refractivity contribution in [2.24, 2.45) is 0 Å². The van der Waals surface area contributed by atoms with Crippen molar-refractivity contribution in [3.8, 4) is 0 Å². The van der Waals surface area contributed by atoms with Crippen LogP contribution in [0.1, 0.15) is 21.7 Å². The van der Waals surface area contributed by atoms with E-state index in [9.17, 15) is 4.79 Å². The Morgan fingerprint density at radius 3 is 2.79 bits per heavy atom. The van der Waals surface area contributed by atoms with Crippen LogP contribution in [0.25, 0.3) is 5.65 Å². The van der Waals surface area contributed by atoms with Crippen molar-refractivity contribution in [3.05, 3.63) is 29.2 Å². The molecule has 0 bridgehead atoms. The molecule has 19 heavy (non-hydrogen) atoms. The standard InChI is InChI=1S/C13H16N4O2/c1-9-7-12-14-8-11(10(2)17(12)15-9)13(18)16-3-5-19-6-4-16/h7-8H,3-6H2,1-2H3. The summed E-state index contributed by atoms with van der Waals surface area (Å²) in [6.45, 7) is 6.28. The first-order valence-corrected chi connectivity index (χ1v) is 6.36. The average molecular weight is 260 g/mol. The molecule has 1 fully saturated rings. The molecule has 3 heterocycles. The zero-order chi connectivity index (χ0) is 13.4. The van der Waals surface area contributed by atoms with E-state index < -0.39 is 0 Å². The fourth-order valence-electron chi connectivity index (χ4n) is 2.31. The largest absolute Gasteiger partial charge is 0.378 e. The molecule has 0 unspecified atom stereocenters. The van der Waals surface area contributed by atoms with E-state index in [-0.39, 0.29) is 5.91 Å². The van der Waals surface area contributed by atoms with E-state index >= 15 is 0 Å². The summed E-state index contributed by atoms with van der Waals surface area (Å²) >= 11 is 0. The Bertz CT molecular complexity index is 629. The first-order valence-electron chi connectivity index (χ1n) is 6.36. The van der Waals surface area contributed by atoms with Gasteiger partial charge in [0.2, 0.25) is 0 Å². The number of carbonyl (C=O) groups is 1. The molecule has 2 aromatic heterocycles. The van der Waals surface area contributed by atoms with Crippen molar-refractivity contribution in [1.29, 1.82) is 0 Å². The third kappa shape index (κ3) is 2.08. The maximum atomic E-state index is 12.5. The van der Waals surface area contributed by atoms with Crippen molar-refractivity contribution in [2.75, 3.05) is 26.3 Å². The van der Waals surface area contributed by atoms with Gasteiger partial charge in [-0.15, -0.1) is 0 Å². The number of carbonyl (C=O) groups excluding carboxylic acids is 1. The Morgan fingerprint density at radius 1 is 1.32 bits per heavy atom. The summed E-state index contributed by atoms with van der Waals surface area (Å²) < 4.78 is 6.99. The van der Waals surface area contributed by atoms with E-state index in [1.54, 1.807) is 15.6 Å². The number of hydrogen-bond acceptors (Lipinski definition) is 4. The summed E-state index contributed by atoms with van der Waals surface area (Å²) in [4.78, 5) is 18.6. The van der Waals surface area contributed by atoms with Crippen molar-refractivity contribution >= 4 is 11.6 Å². The van der Waals surface area contributed by atoms with E-state index in [1.807, 2.05) is 19.9 Å². The molecule has 0 saturated carbocycles. The Balaban J connectivity index is 1.99. The molecule has 1 amide bonds. The van der Waals surface area contributed by atoms with Gasteiger partial charge in [-0.1, -0.05) is 0 Å². The number of rotatable bonds is 1. The van der Waals surface area contributed by atoms with E-state index in [1.165, 1.54) is 0 Å². The fourth-order valence-corrected chi connectivity index (χ4v) is 2.31. The minimum Gasteiger partial charge on any atom is -0.378 e. The van der Waals surface area contributed by atoms with Gasteiger partial charge in [0.25, 0.3) is 5.91 Å². The second-order valence-corrected chi connectivity index (χ2v) is 4.72. The van der Waals surface area contributed by atoms with Crippen molar-refractivity contribution in [3.63, 3.8) is 0 Å². The van der Waals surface area contributed by atoms with Gasteiger partial charge in [-0.25, -0.2) is 9.50 Å². The highest BCUT2D eigenvalue weighted by atomic mass is 16.5. The van der Waals surface area contributed by atoms with Crippen LogP contribution in [0.2, 0.25) is 0 Å². The smallest absolute Gasteiger partial charge is 0.257 e. The summed E-state index contributed by atoms with van der Waals surface area (Å²) in [6, 6.07) is 1.90. The van der Waals surface area contributed by atoms with Crippen LogP contribution in [0.5, 0.6) is 0 Å². The lowest BCUT2D eigenvalue weighted by Gasteiger charge is -2.27. The van der Waals surface area contributed by atoms with Gasteiger partial charge in [0, 0.05) is 25.4 Å². The normalized spacial score (nSPS) is 16.0. The van der Waals surface area contributed by atoms with Gasteiger partial charge in [-0.2, -0.15) is 5.10 Å². The highest BCUT2D eigenvalue weighted by molar-refractivity contribution is 5.95. The fraction of sp³-hybridized carbons (Fsp3) is 0.462. The predicted molar refractivity (Wildman–Crippen MR) is 69.2 cm³/mol. The molecule has 0 N–H and O–H groups in total. The second kappa shape index (κ2) is 4.62. The maximum absolute atomic E-state index is 12.5. The number of morpholine rings is 1. The minimum absolute atomic E-state index is 0.00310. The van der Waals surface area contributed by atoms with E-state index in [0.29, 0.717) is 31.9 Å². The molecule has 1 aliphatic heterocycles. The Hall–Kier alpha value is -1.95. The van der Waals surface area contributed by atoms with Crippen LogP contribution in [-0.4, -0.2) is 51.7 Å². The van der Waals surface area contributed by atoms with Gasteiger partial charge >= 0.3 is 0 Å². The van der Waals surface area contributed by atoms with Gasteiger partial charge in [-0.05, 0) is 13.8 Å². The minimum atomic E-state index is 0.00310. The zero-order valence-electron chi connectivity index (χ0n) is 11.1. The van der Waals surface area contributed by atoms with Crippen molar-refractivity contribution in [2.45, 2.75) is 13.8 Å². The molecule has 0 atom stereocenters. The van der Waals surface area contributed by atoms with E-state index in [0.717, 1.165) is 17.0 Å². The summed E-state index contributed by atoms with van der Waals surface area (Å²) in [7, 11) is 0. The number of ether oxygens (including phenoxy) is 1. The lowest BCUT2D eigenvalue weighted by molar-refractivity contribution is 0.0301. The van der Waals surface area contributed by atoms with Crippen LogP contribution in [0, 0.1) is 13.8 Å². The van der Waals surface area contributed by atoms with Crippen LogP contribution >= 0.6 is 0 Å². The lowest BCUT2D eigenvalue weighted by atomic mass is 10.2. The predicted octanol–water partition coefficient (Wildman–Crippen LogP) is 0.819. The van der Waals surface area contributed by atoms with E-state index in [2.05, 4.69) is 10.1 Å². The van der Waals surface area contributed by atoms with Gasteiger partial charge < -0.3 is 9.64 Å². The van der Waals surface area contributed by atoms with Gasteiger partial charge in [0.05, 0.1) is 30.2 Å². The summed E-state index contributed by atoms with van der Waals surface area (Å²) in [6.07, 6.45) is 1.64. The lowest BCUT2D eigenvalue weighted by Crippen LogP contribution is -2.41. The van der Waals surface area contributed by atoms with Crippen LogP contribution < -0.4 is 0 Å². The van der Waals surface area contributed by atoms with Crippen LogP contribution in [0.3, 0.4) is 0 Å². The summed E-state index contributed by atoms with van der Waals surface area (Å²) in [5.41, 5.74) is 3.10. The van der Waals surface area contributed by atoms with Gasteiger partial charge in [-0.3, -0.25) is 4.79 Å². The Morgan fingerprint density at radius 2 is 2.05 bits per heavy atom. The number of aromatic nitrogens is 3. The van der Waals surface area contributed by atoms with Gasteiger partial charge in [0.1, 0.15) is 0 Å². The van der Waals surface area contributed by atoms with Crippen LogP contribution in [0.4, 0.5) is 0 Å². The number of aryl methyl sites for hydroxylation is 2. The van der Waals surface area contributed by atoms with Gasteiger partial charge in [0.15, 0.2) is 5.65 Å². The monoisotopic (exact) mass is 260 g/mol. The van der Waals surface area contributed by atoms with Crippen LogP contribution in [0.15, 0.2) is 12.3 Å². The Labute approximate surface area is 111 Å². The molecule has 1 aliphatic rings. The molecule has 2 aromatic rings. The second-order valence-electron chi connectivity index (χ2n) is 4.72. The molecule has 100 valence electrons. The molecular weight excluding hydrogens is 244 g/mol. The summed E-state index contributed by atoms with van der Waals surface area (Å²) in [5.74, 6) is 0.00310. The molecular formula is C13H16N4O2. The number of amides is 1. The van der Waals surface area contributed by atoms with Crippen molar-refractivity contribution in [1.82, 2.24) is 19.5 Å². The third-order valence-electron chi connectivity index (χ3n) is 3.37. The van der Waals surface area contributed by atoms with Crippen LogP contribution in [-0.2, 0) is 4.74 Å². The Kier molecular flexibility index (Phi) is 2.94. The third-order valence-corrected chi connectivity index (χ3v) is 3.37. The molecule has 0 aromatic carbocycles. The maximum Gasteiger partial charge on any atom is 0.257 e. The first kappa shape index (κ1) is 12.1. The highest BCUT2D eigenvalue weighted by Crippen LogP contribution is 2.14. The molecule has 0 spiro atoms. The number of hydrogen-bond donors (Lipinski definition) is 0. The quantitative estimate of drug-likeness (QED) is 0.761. The highest BCUT2D eigenvalue weighted by Gasteiger charge is 2.21.